The zero-order chi connectivity index (χ0) is 8.91. The second-order valence-corrected chi connectivity index (χ2v) is 2.60. The molecule has 2 heteroatoms. The summed E-state index contributed by atoms with van der Waals surface area (Å²) in [6.07, 6.45) is 3.90. The van der Waals surface area contributed by atoms with Crippen LogP contribution in [0.3, 0.4) is 0 Å². The third-order valence-corrected chi connectivity index (χ3v) is 1.36. The molecule has 0 radical (unpaired) electrons. The highest BCUT2D eigenvalue weighted by Crippen LogP contribution is 2.16. The summed E-state index contributed by atoms with van der Waals surface area (Å²) in [5, 5.41) is 0. The maximum atomic E-state index is 10.6. The van der Waals surface area contributed by atoms with Crippen molar-refractivity contribution in [3.8, 4) is 0 Å². The van der Waals surface area contributed by atoms with E-state index in [-0.39, 0.29) is 5.97 Å². The van der Waals surface area contributed by atoms with E-state index in [0.717, 1.165) is 0 Å². The van der Waals surface area contributed by atoms with Gasteiger partial charge in [0.25, 0.3) is 0 Å². The van der Waals surface area contributed by atoms with Gasteiger partial charge in [0.05, 0.1) is 0 Å². The van der Waals surface area contributed by atoms with E-state index in [0.29, 0.717) is 6.42 Å². The van der Waals surface area contributed by atoms with Crippen molar-refractivity contribution in [2.75, 3.05) is 0 Å². The van der Waals surface area contributed by atoms with Crippen molar-refractivity contribution in [3.05, 3.63) is 25.3 Å². The van der Waals surface area contributed by atoms with E-state index in [2.05, 4.69) is 13.2 Å². The number of hydrogen-bond donors (Lipinski definition) is 0. The van der Waals surface area contributed by atoms with Crippen LogP contribution < -0.4 is 0 Å². The lowest BCUT2D eigenvalue weighted by Gasteiger charge is -2.23. The van der Waals surface area contributed by atoms with Crippen molar-refractivity contribution >= 4 is 5.97 Å². The standard InChI is InChI=1S/C9H14O2/c1-5-7-9(4,6-2)11-8(3)10/h5-6H,1-2,7H2,3-4H3. The van der Waals surface area contributed by atoms with Crippen LogP contribution in [0.25, 0.3) is 0 Å². The van der Waals surface area contributed by atoms with Gasteiger partial charge in [-0.3, -0.25) is 4.79 Å². The number of carbonyl (C=O) groups excluding carboxylic acids is 1. The molecule has 11 heavy (non-hydrogen) atoms. The minimum absolute atomic E-state index is 0.297. The number of rotatable bonds is 4. The van der Waals surface area contributed by atoms with Crippen molar-refractivity contribution in [2.45, 2.75) is 25.9 Å². The Kier molecular flexibility index (Phi) is 3.58. The summed E-state index contributed by atoms with van der Waals surface area (Å²) >= 11 is 0. The number of hydrogen-bond acceptors (Lipinski definition) is 2. The molecule has 0 aliphatic heterocycles. The van der Waals surface area contributed by atoms with Gasteiger partial charge in [0.15, 0.2) is 0 Å². The summed E-state index contributed by atoms with van der Waals surface area (Å²) in [6, 6.07) is 0. The first-order valence-electron chi connectivity index (χ1n) is 3.48. The number of carbonyl (C=O) groups is 1. The SMILES string of the molecule is C=CCC(C)(C=C)OC(C)=O. The van der Waals surface area contributed by atoms with Crippen molar-refractivity contribution in [3.63, 3.8) is 0 Å². The molecule has 0 rings (SSSR count). The molecular weight excluding hydrogens is 140 g/mol. The average Bonchev–Trinajstić information content (AvgIpc) is 1.87. The molecule has 0 amide bonds. The molecule has 0 aliphatic carbocycles. The van der Waals surface area contributed by atoms with Gasteiger partial charge in [-0.1, -0.05) is 12.7 Å². The Morgan fingerprint density at radius 3 is 2.45 bits per heavy atom. The van der Waals surface area contributed by atoms with Crippen molar-refractivity contribution in [2.24, 2.45) is 0 Å². The first-order chi connectivity index (χ1) is 5.04. The molecule has 62 valence electrons. The second kappa shape index (κ2) is 3.96. The van der Waals surface area contributed by atoms with Gasteiger partial charge in [-0.25, -0.2) is 0 Å². The van der Waals surface area contributed by atoms with Gasteiger partial charge >= 0.3 is 5.97 Å². The molecule has 1 atom stereocenters. The fourth-order valence-corrected chi connectivity index (χ4v) is 0.782. The van der Waals surface area contributed by atoms with E-state index in [4.69, 9.17) is 4.74 Å². The number of esters is 1. The maximum Gasteiger partial charge on any atom is 0.303 e. The van der Waals surface area contributed by atoms with E-state index < -0.39 is 5.60 Å². The minimum atomic E-state index is -0.590. The van der Waals surface area contributed by atoms with Crippen molar-refractivity contribution in [1.29, 1.82) is 0 Å². The lowest BCUT2D eigenvalue weighted by molar-refractivity contribution is -0.150. The maximum absolute atomic E-state index is 10.6. The Bertz CT molecular complexity index is 172. The van der Waals surface area contributed by atoms with Gasteiger partial charge in [-0.15, -0.1) is 6.58 Å². The Labute approximate surface area is 67.6 Å². The molecule has 0 spiro atoms. The Morgan fingerprint density at radius 1 is 1.64 bits per heavy atom. The van der Waals surface area contributed by atoms with Gasteiger partial charge in [-0.2, -0.15) is 0 Å². The van der Waals surface area contributed by atoms with Gasteiger partial charge in [-0.05, 0) is 13.0 Å². The summed E-state index contributed by atoms with van der Waals surface area (Å²) in [7, 11) is 0. The molecule has 0 aromatic heterocycles. The largest absolute Gasteiger partial charge is 0.455 e. The highest BCUT2D eigenvalue weighted by atomic mass is 16.6. The van der Waals surface area contributed by atoms with Crippen molar-refractivity contribution < 1.29 is 9.53 Å². The molecule has 0 saturated heterocycles. The van der Waals surface area contributed by atoms with E-state index in [1.807, 2.05) is 0 Å². The molecule has 2 nitrogen and oxygen atoms in total. The monoisotopic (exact) mass is 154 g/mol. The second-order valence-electron chi connectivity index (χ2n) is 2.60. The molecule has 0 aromatic carbocycles. The normalized spacial score (nSPS) is 14.7. The third kappa shape index (κ3) is 3.61. The first-order valence-corrected chi connectivity index (χ1v) is 3.48. The first kappa shape index (κ1) is 9.95. The van der Waals surface area contributed by atoms with Crippen molar-refractivity contribution in [1.82, 2.24) is 0 Å². The highest BCUT2D eigenvalue weighted by molar-refractivity contribution is 5.66. The quantitative estimate of drug-likeness (QED) is 0.457. The zero-order valence-electron chi connectivity index (χ0n) is 7.09. The molecule has 0 heterocycles. The summed E-state index contributed by atoms with van der Waals surface area (Å²) in [5.41, 5.74) is -0.590. The summed E-state index contributed by atoms with van der Waals surface area (Å²) < 4.78 is 5.00. The van der Waals surface area contributed by atoms with Crippen LogP contribution in [0.4, 0.5) is 0 Å². The summed E-state index contributed by atoms with van der Waals surface area (Å²) in [6.45, 7) is 10.3. The predicted molar refractivity (Wildman–Crippen MR) is 45.2 cm³/mol. The summed E-state index contributed by atoms with van der Waals surface area (Å²) in [5.74, 6) is -0.297. The van der Waals surface area contributed by atoms with Crippen LogP contribution in [0.1, 0.15) is 20.3 Å². The van der Waals surface area contributed by atoms with Crippen LogP contribution in [0.15, 0.2) is 25.3 Å². The molecule has 0 aliphatic rings. The van der Waals surface area contributed by atoms with Crippen LogP contribution in [-0.4, -0.2) is 11.6 Å². The van der Waals surface area contributed by atoms with Gasteiger partial charge in [0.1, 0.15) is 5.60 Å². The van der Waals surface area contributed by atoms with E-state index in [1.54, 1.807) is 19.1 Å². The molecule has 0 saturated carbocycles. The fourth-order valence-electron chi connectivity index (χ4n) is 0.782. The molecule has 0 N–H and O–H groups in total. The molecule has 0 fully saturated rings. The number of ether oxygens (including phenoxy) is 1. The average molecular weight is 154 g/mol. The van der Waals surface area contributed by atoms with Crippen LogP contribution in [0.5, 0.6) is 0 Å². The van der Waals surface area contributed by atoms with E-state index in [1.165, 1.54) is 6.92 Å². The van der Waals surface area contributed by atoms with Gasteiger partial charge in [0, 0.05) is 13.3 Å². The minimum Gasteiger partial charge on any atom is -0.455 e. The highest BCUT2D eigenvalue weighted by Gasteiger charge is 2.21. The van der Waals surface area contributed by atoms with Gasteiger partial charge in [0.2, 0.25) is 0 Å². The van der Waals surface area contributed by atoms with Crippen LogP contribution in [0, 0.1) is 0 Å². The molecule has 0 aromatic rings. The predicted octanol–water partition coefficient (Wildman–Crippen LogP) is 2.07. The van der Waals surface area contributed by atoms with Crippen LogP contribution >= 0.6 is 0 Å². The third-order valence-electron chi connectivity index (χ3n) is 1.36. The Morgan fingerprint density at radius 2 is 2.18 bits per heavy atom. The Balaban J connectivity index is 4.19. The topological polar surface area (TPSA) is 26.3 Å². The summed E-state index contributed by atoms with van der Waals surface area (Å²) in [4.78, 5) is 10.6. The zero-order valence-corrected chi connectivity index (χ0v) is 7.09. The Hall–Kier alpha value is -1.05. The molecule has 1 unspecified atom stereocenters. The lowest BCUT2D eigenvalue weighted by Crippen LogP contribution is -2.27. The van der Waals surface area contributed by atoms with E-state index >= 15 is 0 Å². The van der Waals surface area contributed by atoms with E-state index in [9.17, 15) is 4.79 Å². The molecule has 0 bridgehead atoms. The van der Waals surface area contributed by atoms with Gasteiger partial charge < -0.3 is 4.74 Å². The fraction of sp³-hybridized carbons (Fsp3) is 0.444. The smallest absolute Gasteiger partial charge is 0.303 e. The van der Waals surface area contributed by atoms with Crippen LogP contribution in [0.2, 0.25) is 0 Å². The lowest BCUT2D eigenvalue weighted by atomic mass is 10.0. The van der Waals surface area contributed by atoms with Crippen LogP contribution in [-0.2, 0) is 9.53 Å². The molecular formula is C9H14O2.